The van der Waals surface area contributed by atoms with Gasteiger partial charge in [0, 0.05) is 16.2 Å². The molecule has 0 radical (unpaired) electrons. The fourth-order valence-electron chi connectivity index (χ4n) is 2.10. The first-order valence-electron chi connectivity index (χ1n) is 6.45. The highest BCUT2D eigenvalue weighted by molar-refractivity contribution is 9.10. The van der Waals surface area contributed by atoms with Crippen LogP contribution in [0.1, 0.15) is 10.4 Å². The molecule has 6 heteroatoms. The SMILES string of the molecule is O=C(c1cccc(Br)c1)N1CC(Oc2ncccc2Br)C1. The highest BCUT2D eigenvalue weighted by Crippen LogP contribution is 2.25. The average molecular weight is 412 g/mol. The molecule has 2 heterocycles. The summed E-state index contributed by atoms with van der Waals surface area (Å²) in [4.78, 5) is 18.2. The van der Waals surface area contributed by atoms with Gasteiger partial charge in [0.1, 0.15) is 6.10 Å². The summed E-state index contributed by atoms with van der Waals surface area (Å²) in [5, 5.41) is 0. The fraction of sp³-hybridized carbons (Fsp3) is 0.200. The lowest BCUT2D eigenvalue weighted by molar-refractivity contribution is 0.0157. The second-order valence-electron chi connectivity index (χ2n) is 4.75. The van der Waals surface area contributed by atoms with Gasteiger partial charge in [-0.25, -0.2) is 4.98 Å². The second kappa shape index (κ2) is 6.15. The molecule has 1 aromatic heterocycles. The molecular formula is C15H12Br2N2O2. The minimum Gasteiger partial charge on any atom is -0.470 e. The Morgan fingerprint density at radius 1 is 1.24 bits per heavy atom. The predicted molar refractivity (Wildman–Crippen MR) is 86.4 cm³/mol. The number of ether oxygens (including phenoxy) is 1. The van der Waals surface area contributed by atoms with Crippen LogP contribution in [0.3, 0.4) is 0 Å². The third-order valence-corrected chi connectivity index (χ3v) is 4.31. The van der Waals surface area contributed by atoms with Gasteiger partial charge in [0.25, 0.3) is 5.91 Å². The predicted octanol–water partition coefficient (Wildman–Crippen LogP) is 3.51. The molecule has 1 fully saturated rings. The van der Waals surface area contributed by atoms with E-state index >= 15 is 0 Å². The van der Waals surface area contributed by atoms with Gasteiger partial charge in [0.05, 0.1) is 17.6 Å². The molecule has 1 aromatic carbocycles. The smallest absolute Gasteiger partial charge is 0.254 e. The van der Waals surface area contributed by atoms with E-state index in [1.807, 2.05) is 36.4 Å². The Kier molecular flexibility index (Phi) is 4.26. The zero-order chi connectivity index (χ0) is 14.8. The normalized spacial score (nSPS) is 14.7. The van der Waals surface area contributed by atoms with E-state index in [9.17, 15) is 4.79 Å². The van der Waals surface area contributed by atoms with E-state index < -0.39 is 0 Å². The number of pyridine rings is 1. The summed E-state index contributed by atoms with van der Waals surface area (Å²) in [6.45, 7) is 1.16. The Bertz CT molecular complexity index is 672. The minimum absolute atomic E-state index is 0.00713. The van der Waals surface area contributed by atoms with Gasteiger partial charge in [-0.2, -0.15) is 0 Å². The summed E-state index contributed by atoms with van der Waals surface area (Å²) in [5.41, 5.74) is 0.682. The standard InChI is InChI=1S/C15H12Br2N2O2/c16-11-4-1-3-10(7-11)15(20)19-8-12(9-19)21-14-13(17)5-2-6-18-14/h1-7,12H,8-9H2. The van der Waals surface area contributed by atoms with E-state index in [0.29, 0.717) is 24.5 Å². The van der Waals surface area contributed by atoms with E-state index in [4.69, 9.17) is 4.74 Å². The van der Waals surface area contributed by atoms with Crippen LogP contribution in [0.4, 0.5) is 0 Å². The van der Waals surface area contributed by atoms with Crippen molar-refractivity contribution in [1.82, 2.24) is 9.88 Å². The van der Waals surface area contributed by atoms with Crippen molar-refractivity contribution in [2.24, 2.45) is 0 Å². The molecule has 4 nitrogen and oxygen atoms in total. The molecule has 1 aliphatic rings. The first-order valence-corrected chi connectivity index (χ1v) is 8.04. The van der Waals surface area contributed by atoms with Gasteiger partial charge in [-0.3, -0.25) is 4.79 Å². The fourth-order valence-corrected chi connectivity index (χ4v) is 2.85. The lowest BCUT2D eigenvalue weighted by Crippen LogP contribution is -2.56. The van der Waals surface area contributed by atoms with Gasteiger partial charge in [-0.15, -0.1) is 0 Å². The van der Waals surface area contributed by atoms with E-state index in [1.54, 1.807) is 11.1 Å². The van der Waals surface area contributed by atoms with Crippen molar-refractivity contribution in [3.05, 3.63) is 57.1 Å². The number of rotatable bonds is 3. The molecule has 1 amide bonds. The topological polar surface area (TPSA) is 42.4 Å². The van der Waals surface area contributed by atoms with Crippen LogP contribution in [0.5, 0.6) is 5.88 Å². The number of amides is 1. The van der Waals surface area contributed by atoms with Gasteiger partial charge >= 0.3 is 0 Å². The highest BCUT2D eigenvalue weighted by atomic mass is 79.9. The maximum atomic E-state index is 12.3. The van der Waals surface area contributed by atoms with E-state index in [2.05, 4.69) is 36.8 Å². The third-order valence-electron chi connectivity index (χ3n) is 3.21. The van der Waals surface area contributed by atoms with Crippen LogP contribution in [0.25, 0.3) is 0 Å². The van der Waals surface area contributed by atoms with Crippen LogP contribution < -0.4 is 4.74 Å². The number of hydrogen-bond acceptors (Lipinski definition) is 3. The highest BCUT2D eigenvalue weighted by Gasteiger charge is 2.33. The summed E-state index contributed by atoms with van der Waals surface area (Å²) in [6, 6.07) is 11.1. The third kappa shape index (κ3) is 3.27. The van der Waals surface area contributed by atoms with Crippen LogP contribution in [-0.2, 0) is 0 Å². The van der Waals surface area contributed by atoms with E-state index in [1.165, 1.54) is 0 Å². The molecule has 0 saturated carbocycles. The van der Waals surface area contributed by atoms with Crippen LogP contribution in [-0.4, -0.2) is 35.0 Å². The lowest BCUT2D eigenvalue weighted by Gasteiger charge is -2.38. The molecule has 3 rings (SSSR count). The summed E-state index contributed by atoms with van der Waals surface area (Å²) in [6.07, 6.45) is 1.68. The van der Waals surface area contributed by atoms with E-state index in [0.717, 1.165) is 8.95 Å². The Balaban J connectivity index is 1.58. The molecule has 108 valence electrons. The first kappa shape index (κ1) is 14.5. The molecule has 21 heavy (non-hydrogen) atoms. The number of likely N-dealkylation sites (tertiary alicyclic amines) is 1. The van der Waals surface area contributed by atoms with Crippen molar-refractivity contribution in [2.45, 2.75) is 6.10 Å². The largest absolute Gasteiger partial charge is 0.470 e. The molecule has 1 aliphatic heterocycles. The molecular weight excluding hydrogens is 400 g/mol. The number of nitrogens with zero attached hydrogens (tertiary/aromatic N) is 2. The van der Waals surface area contributed by atoms with Crippen molar-refractivity contribution in [2.75, 3.05) is 13.1 Å². The van der Waals surface area contributed by atoms with Crippen molar-refractivity contribution in [1.29, 1.82) is 0 Å². The molecule has 0 spiro atoms. The number of carbonyl (C=O) groups excluding carboxylic acids is 1. The summed E-state index contributed by atoms with van der Waals surface area (Å²) in [5.74, 6) is 0.591. The van der Waals surface area contributed by atoms with Crippen molar-refractivity contribution in [3.8, 4) is 5.88 Å². The van der Waals surface area contributed by atoms with Gasteiger partial charge in [-0.05, 0) is 46.3 Å². The Labute approximate surface area is 139 Å². The van der Waals surface area contributed by atoms with Gasteiger partial charge < -0.3 is 9.64 Å². The number of aromatic nitrogens is 1. The first-order chi connectivity index (χ1) is 10.1. The monoisotopic (exact) mass is 410 g/mol. The van der Waals surface area contributed by atoms with Gasteiger partial charge in [0.15, 0.2) is 0 Å². The number of halogens is 2. The average Bonchev–Trinajstić information content (AvgIpc) is 2.43. The van der Waals surface area contributed by atoms with Crippen LogP contribution in [0.15, 0.2) is 51.5 Å². The van der Waals surface area contributed by atoms with Crippen LogP contribution >= 0.6 is 31.9 Å². The van der Waals surface area contributed by atoms with Crippen LogP contribution in [0.2, 0.25) is 0 Å². The zero-order valence-corrected chi connectivity index (χ0v) is 14.2. The lowest BCUT2D eigenvalue weighted by atomic mass is 10.1. The molecule has 0 aliphatic carbocycles. The Morgan fingerprint density at radius 2 is 2.05 bits per heavy atom. The molecule has 2 aromatic rings. The quantitative estimate of drug-likeness (QED) is 0.776. The van der Waals surface area contributed by atoms with Gasteiger partial charge in [0.2, 0.25) is 5.88 Å². The Morgan fingerprint density at radius 3 is 2.76 bits per heavy atom. The maximum absolute atomic E-state index is 12.3. The summed E-state index contributed by atoms with van der Waals surface area (Å²) in [7, 11) is 0. The van der Waals surface area contributed by atoms with Crippen molar-refractivity contribution < 1.29 is 9.53 Å². The van der Waals surface area contributed by atoms with Crippen molar-refractivity contribution in [3.63, 3.8) is 0 Å². The van der Waals surface area contributed by atoms with E-state index in [-0.39, 0.29) is 12.0 Å². The number of carbonyl (C=O) groups is 1. The molecule has 0 unspecified atom stereocenters. The summed E-state index contributed by atoms with van der Waals surface area (Å²) < 4.78 is 7.48. The van der Waals surface area contributed by atoms with Gasteiger partial charge in [-0.1, -0.05) is 22.0 Å². The summed E-state index contributed by atoms with van der Waals surface area (Å²) >= 11 is 6.77. The Hall–Kier alpha value is -1.40. The molecule has 0 bridgehead atoms. The van der Waals surface area contributed by atoms with Crippen molar-refractivity contribution >= 4 is 37.8 Å². The molecule has 1 saturated heterocycles. The molecule has 0 atom stereocenters. The maximum Gasteiger partial charge on any atom is 0.254 e. The van der Waals surface area contributed by atoms with Crippen LogP contribution in [0, 0.1) is 0 Å². The number of benzene rings is 1. The second-order valence-corrected chi connectivity index (χ2v) is 6.52. The zero-order valence-electron chi connectivity index (χ0n) is 11.0. The number of hydrogen-bond donors (Lipinski definition) is 0. The molecule has 0 N–H and O–H groups in total. The minimum atomic E-state index is -0.00713.